The maximum atomic E-state index is 14.0. The number of halogens is 1. The standard InChI is InChI=1S/C23H19FN2O3/c1-12-20-21(14-3-2-4-16(24)9-14)22-18(25-23(20)29-26-12)10-15(11-19(22)28)13-5-7-17(27)8-6-13/h2-9,15,21,25,27H,10-11H2,1H3. The number of phenols is 1. The molecule has 3 aromatic rings. The Balaban J connectivity index is 1.62. The molecule has 0 saturated heterocycles. The Labute approximate surface area is 166 Å². The Bertz CT molecular complexity index is 1150. The smallest absolute Gasteiger partial charge is 0.233 e. The van der Waals surface area contributed by atoms with Crippen LogP contribution in [0.2, 0.25) is 0 Å². The van der Waals surface area contributed by atoms with Crippen LogP contribution in [0.15, 0.2) is 64.3 Å². The topological polar surface area (TPSA) is 75.4 Å². The summed E-state index contributed by atoms with van der Waals surface area (Å²) in [5, 5.41) is 16.9. The number of hydrogen-bond acceptors (Lipinski definition) is 5. The number of aryl methyl sites for hydroxylation is 1. The van der Waals surface area contributed by atoms with E-state index in [2.05, 4.69) is 10.5 Å². The van der Waals surface area contributed by atoms with Gasteiger partial charge in [-0.25, -0.2) is 4.39 Å². The van der Waals surface area contributed by atoms with Crippen LogP contribution in [-0.4, -0.2) is 16.0 Å². The summed E-state index contributed by atoms with van der Waals surface area (Å²) in [5.41, 5.74) is 4.61. The number of aromatic nitrogens is 1. The van der Waals surface area contributed by atoms with Gasteiger partial charge in [-0.05, 0) is 54.7 Å². The van der Waals surface area contributed by atoms with Crippen molar-refractivity contribution in [3.63, 3.8) is 0 Å². The first-order valence-corrected chi connectivity index (χ1v) is 9.55. The first-order valence-electron chi connectivity index (χ1n) is 9.55. The average molecular weight is 390 g/mol. The van der Waals surface area contributed by atoms with E-state index in [0.717, 1.165) is 16.8 Å². The Kier molecular flexibility index (Phi) is 4.01. The summed E-state index contributed by atoms with van der Waals surface area (Å²) < 4.78 is 19.5. The van der Waals surface area contributed by atoms with E-state index < -0.39 is 5.92 Å². The van der Waals surface area contributed by atoms with Crippen LogP contribution in [-0.2, 0) is 4.79 Å². The zero-order chi connectivity index (χ0) is 20.1. The minimum Gasteiger partial charge on any atom is -0.508 e. The molecule has 0 spiro atoms. The number of Topliss-reactive ketones (excluding diaryl/α,β-unsaturated/α-hetero) is 1. The molecule has 2 atom stereocenters. The lowest BCUT2D eigenvalue weighted by molar-refractivity contribution is -0.116. The zero-order valence-corrected chi connectivity index (χ0v) is 15.8. The van der Waals surface area contributed by atoms with Crippen molar-refractivity contribution in [2.45, 2.75) is 31.6 Å². The number of ketones is 1. The van der Waals surface area contributed by atoms with E-state index in [9.17, 15) is 14.3 Å². The van der Waals surface area contributed by atoms with Crippen LogP contribution >= 0.6 is 0 Å². The van der Waals surface area contributed by atoms with Crippen molar-refractivity contribution in [2.75, 3.05) is 5.32 Å². The lowest BCUT2D eigenvalue weighted by Crippen LogP contribution is -2.29. The second kappa shape index (κ2) is 6.58. The van der Waals surface area contributed by atoms with E-state index in [1.54, 1.807) is 18.2 Å². The molecule has 146 valence electrons. The highest BCUT2D eigenvalue weighted by atomic mass is 19.1. The number of hydrogen-bond donors (Lipinski definition) is 2. The second-order valence-corrected chi connectivity index (χ2v) is 7.64. The molecule has 0 fully saturated rings. The van der Waals surface area contributed by atoms with Crippen molar-refractivity contribution >= 4 is 11.7 Å². The fourth-order valence-electron chi connectivity index (χ4n) is 4.47. The fourth-order valence-corrected chi connectivity index (χ4v) is 4.47. The number of nitrogens with zero attached hydrogens (tertiary/aromatic N) is 1. The first kappa shape index (κ1) is 17.7. The Morgan fingerprint density at radius 2 is 1.93 bits per heavy atom. The van der Waals surface area contributed by atoms with Gasteiger partial charge in [0.05, 0.1) is 11.3 Å². The molecular formula is C23H19FN2O3. The van der Waals surface area contributed by atoms with Crippen LogP contribution in [0, 0.1) is 12.7 Å². The summed E-state index contributed by atoms with van der Waals surface area (Å²) in [6, 6.07) is 13.3. The molecule has 2 N–H and O–H groups in total. The van der Waals surface area contributed by atoms with Crippen LogP contribution in [0.4, 0.5) is 10.3 Å². The van der Waals surface area contributed by atoms with Crippen LogP contribution in [0.3, 0.4) is 0 Å². The van der Waals surface area contributed by atoms with Gasteiger partial charge >= 0.3 is 0 Å². The van der Waals surface area contributed by atoms with Gasteiger partial charge in [-0.2, -0.15) is 0 Å². The summed E-state index contributed by atoms with van der Waals surface area (Å²) in [5.74, 6) is -0.0276. The maximum absolute atomic E-state index is 14.0. The van der Waals surface area contributed by atoms with Gasteiger partial charge in [-0.15, -0.1) is 0 Å². The van der Waals surface area contributed by atoms with Crippen molar-refractivity contribution < 1.29 is 18.8 Å². The fraction of sp³-hybridized carbons (Fsp3) is 0.217. The lowest BCUT2D eigenvalue weighted by atomic mass is 9.72. The maximum Gasteiger partial charge on any atom is 0.233 e. The van der Waals surface area contributed by atoms with E-state index >= 15 is 0 Å². The van der Waals surface area contributed by atoms with Crippen molar-refractivity contribution in [3.8, 4) is 5.75 Å². The molecule has 2 unspecified atom stereocenters. The third-order valence-electron chi connectivity index (χ3n) is 5.80. The largest absolute Gasteiger partial charge is 0.508 e. The summed E-state index contributed by atoms with van der Waals surface area (Å²) in [4.78, 5) is 13.3. The van der Waals surface area contributed by atoms with E-state index in [1.807, 2.05) is 25.1 Å². The van der Waals surface area contributed by atoms with Crippen molar-refractivity contribution in [1.29, 1.82) is 0 Å². The number of fused-ring (bicyclic) bond motifs is 1. The molecule has 1 aromatic heterocycles. The van der Waals surface area contributed by atoms with Crippen LogP contribution in [0.25, 0.3) is 0 Å². The van der Waals surface area contributed by atoms with Gasteiger partial charge in [0.25, 0.3) is 0 Å². The highest BCUT2D eigenvalue weighted by molar-refractivity contribution is 6.01. The minimum atomic E-state index is -0.406. The van der Waals surface area contributed by atoms with Crippen molar-refractivity contribution in [3.05, 3.63) is 88.0 Å². The normalized spacial score (nSPS) is 20.8. The molecule has 0 bridgehead atoms. The average Bonchev–Trinajstić information content (AvgIpc) is 3.07. The summed E-state index contributed by atoms with van der Waals surface area (Å²) in [6.45, 7) is 1.83. The van der Waals surface area contributed by atoms with Gasteiger partial charge in [0.1, 0.15) is 11.6 Å². The van der Waals surface area contributed by atoms with Gasteiger partial charge < -0.3 is 14.9 Å². The SMILES string of the molecule is Cc1noc2c1C(c1cccc(F)c1)C1=C(CC(c3ccc(O)cc3)CC1=O)N2. The van der Waals surface area contributed by atoms with Crippen LogP contribution < -0.4 is 5.32 Å². The molecular weight excluding hydrogens is 371 g/mol. The van der Waals surface area contributed by atoms with Gasteiger partial charge in [0.15, 0.2) is 5.78 Å². The summed E-state index contributed by atoms with van der Waals surface area (Å²) >= 11 is 0. The van der Waals surface area contributed by atoms with E-state index in [0.29, 0.717) is 35.6 Å². The van der Waals surface area contributed by atoms with Gasteiger partial charge in [0.2, 0.25) is 5.88 Å². The number of phenolic OH excluding ortho intramolecular Hbond substituents is 1. The quantitative estimate of drug-likeness (QED) is 0.658. The molecule has 1 aliphatic carbocycles. The molecule has 2 aliphatic rings. The summed E-state index contributed by atoms with van der Waals surface area (Å²) in [7, 11) is 0. The first-order chi connectivity index (χ1) is 14.0. The molecule has 0 radical (unpaired) electrons. The number of anilines is 1. The molecule has 5 rings (SSSR count). The molecule has 0 saturated carbocycles. The third kappa shape index (κ3) is 2.92. The molecule has 0 amide bonds. The third-order valence-corrected chi connectivity index (χ3v) is 5.80. The number of carbonyl (C=O) groups excluding carboxylic acids is 1. The molecule has 29 heavy (non-hydrogen) atoms. The van der Waals surface area contributed by atoms with E-state index in [4.69, 9.17) is 4.52 Å². The van der Waals surface area contributed by atoms with Gasteiger partial charge in [-0.3, -0.25) is 4.79 Å². The summed E-state index contributed by atoms with van der Waals surface area (Å²) in [6.07, 6.45) is 0.980. The Morgan fingerprint density at radius 3 is 2.69 bits per heavy atom. The molecule has 2 heterocycles. The predicted molar refractivity (Wildman–Crippen MR) is 105 cm³/mol. The second-order valence-electron chi connectivity index (χ2n) is 7.64. The number of nitrogens with one attached hydrogen (secondary N) is 1. The zero-order valence-electron chi connectivity index (χ0n) is 15.8. The highest BCUT2D eigenvalue weighted by Gasteiger charge is 2.41. The minimum absolute atomic E-state index is 0.00641. The molecule has 6 heteroatoms. The number of aromatic hydroxyl groups is 1. The van der Waals surface area contributed by atoms with E-state index in [1.165, 1.54) is 12.1 Å². The molecule has 2 aromatic carbocycles. The van der Waals surface area contributed by atoms with Gasteiger partial charge in [-0.1, -0.05) is 29.4 Å². The number of rotatable bonds is 2. The number of benzene rings is 2. The number of allylic oxidation sites excluding steroid dienone is 2. The highest BCUT2D eigenvalue weighted by Crippen LogP contribution is 2.49. The lowest BCUT2D eigenvalue weighted by Gasteiger charge is -2.34. The predicted octanol–water partition coefficient (Wildman–Crippen LogP) is 4.79. The van der Waals surface area contributed by atoms with E-state index in [-0.39, 0.29) is 23.3 Å². The molecule has 1 aliphatic heterocycles. The Hall–Kier alpha value is -3.41. The van der Waals surface area contributed by atoms with Crippen molar-refractivity contribution in [1.82, 2.24) is 5.16 Å². The molecule has 5 nitrogen and oxygen atoms in total. The van der Waals surface area contributed by atoms with Gasteiger partial charge in [0, 0.05) is 23.6 Å². The number of carbonyl (C=O) groups is 1. The van der Waals surface area contributed by atoms with Crippen LogP contribution in [0.5, 0.6) is 5.75 Å². The Morgan fingerprint density at radius 1 is 1.14 bits per heavy atom. The monoisotopic (exact) mass is 390 g/mol. The van der Waals surface area contributed by atoms with Crippen molar-refractivity contribution in [2.24, 2.45) is 0 Å². The van der Waals surface area contributed by atoms with Crippen LogP contribution in [0.1, 0.15) is 47.1 Å².